The molecule has 1 N–H and O–H groups in total. The quantitative estimate of drug-likeness (QED) is 0.771. The van der Waals surface area contributed by atoms with Crippen molar-refractivity contribution in [3.63, 3.8) is 0 Å². The molecule has 0 radical (unpaired) electrons. The second kappa shape index (κ2) is 4.89. The topological polar surface area (TPSA) is 50.7 Å². The molecule has 1 aromatic carbocycles. The van der Waals surface area contributed by atoms with Gasteiger partial charge in [0.15, 0.2) is 5.82 Å². The van der Waals surface area contributed by atoms with Gasteiger partial charge in [0, 0.05) is 24.2 Å². The molecule has 0 unspecified atom stereocenters. The Labute approximate surface area is 117 Å². The van der Waals surface area contributed by atoms with E-state index in [1.54, 1.807) is 6.20 Å². The van der Waals surface area contributed by atoms with Crippen LogP contribution in [0.5, 0.6) is 0 Å². The molecule has 0 saturated carbocycles. The van der Waals surface area contributed by atoms with E-state index in [4.69, 9.17) is 0 Å². The van der Waals surface area contributed by atoms with Crippen molar-refractivity contribution in [2.75, 3.05) is 12.4 Å². The van der Waals surface area contributed by atoms with E-state index in [0.29, 0.717) is 0 Å². The molecule has 0 saturated heterocycles. The summed E-state index contributed by atoms with van der Waals surface area (Å²) in [7, 11) is 1.86. The third-order valence-electron chi connectivity index (χ3n) is 3.66. The summed E-state index contributed by atoms with van der Waals surface area (Å²) in [4.78, 5) is 4.39. The van der Waals surface area contributed by atoms with Crippen LogP contribution in [0.25, 0.3) is 22.2 Å². The normalized spacial score (nSPS) is 10.8. The molecule has 0 aliphatic rings. The summed E-state index contributed by atoms with van der Waals surface area (Å²) in [6.45, 7) is 4.14. The van der Waals surface area contributed by atoms with E-state index in [9.17, 15) is 0 Å². The maximum atomic E-state index is 4.39. The zero-order valence-electron chi connectivity index (χ0n) is 11.8. The molecule has 20 heavy (non-hydrogen) atoms. The highest BCUT2D eigenvalue weighted by Gasteiger charge is 2.12. The Morgan fingerprint density at radius 1 is 0.950 bits per heavy atom. The van der Waals surface area contributed by atoms with Gasteiger partial charge in [-0.1, -0.05) is 18.2 Å². The van der Waals surface area contributed by atoms with E-state index < -0.39 is 0 Å². The van der Waals surface area contributed by atoms with Gasteiger partial charge in [0.1, 0.15) is 0 Å². The molecular weight excluding hydrogens is 248 g/mol. The third kappa shape index (κ3) is 1.90. The van der Waals surface area contributed by atoms with Crippen molar-refractivity contribution >= 4 is 16.7 Å². The van der Waals surface area contributed by atoms with Gasteiger partial charge in [-0.25, -0.2) is 0 Å². The second-order valence-corrected chi connectivity index (χ2v) is 4.77. The number of nitrogens with zero attached hydrogens (tertiary/aromatic N) is 3. The van der Waals surface area contributed by atoms with Crippen LogP contribution in [0.4, 0.5) is 5.82 Å². The lowest BCUT2D eigenvalue weighted by atomic mass is 10.00. The van der Waals surface area contributed by atoms with Crippen LogP contribution >= 0.6 is 0 Å². The maximum Gasteiger partial charge on any atom is 0.151 e. The maximum absolute atomic E-state index is 4.39. The van der Waals surface area contributed by atoms with Crippen LogP contribution in [-0.2, 0) is 0 Å². The molecule has 0 aliphatic carbocycles. The van der Waals surface area contributed by atoms with Gasteiger partial charge in [0.05, 0.1) is 11.2 Å². The molecule has 0 amide bonds. The largest absolute Gasteiger partial charge is 0.371 e. The summed E-state index contributed by atoms with van der Waals surface area (Å²) >= 11 is 0. The van der Waals surface area contributed by atoms with Crippen LogP contribution in [0.1, 0.15) is 11.1 Å². The van der Waals surface area contributed by atoms with Gasteiger partial charge >= 0.3 is 0 Å². The number of hydrogen-bond acceptors (Lipinski definition) is 4. The number of benzene rings is 1. The monoisotopic (exact) mass is 264 g/mol. The molecule has 4 heteroatoms. The second-order valence-electron chi connectivity index (χ2n) is 4.77. The first-order chi connectivity index (χ1) is 9.72. The van der Waals surface area contributed by atoms with E-state index >= 15 is 0 Å². The van der Waals surface area contributed by atoms with Gasteiger partial charge < -0.3 is 5.32 Å². The number of aromatic nitrogens is 3. The molecule has 2 heterocycles. The van der Waals surface area contributed by atoms with Gasteiger partial charge in [-0.2, -0.15) is 0 Å². The van der Waals surface area contributed by atoms with Crippen molar-refractivity contribution in [2.24, 2.45) is 0 Å². The van der Waals surface area contributed by atoms with E-state index in [1.807, 2.05) is 25.2 Å². The smallest absolute Gasteiger partial charge is 0.151 e. The van der Waals surface area contributed by atoms with Crippen LogP contribution in [-0.4, -0.2) is 22.2 Å². The number of pyridine rings is 1. The Kier molecular flexibility index (Phi) is 3.06. The zero-order valence-corrected chi connectivity index (χ0v) is 11.8. The lowest BCUT2D eigenvalue weighted by Crippen LogP contribution is -2.03. The van der Waals surface area contributed by atoms with Crippen molar-refractivity contribution in [1.82, 2.24) is 15.2 Å². The highest BCUT2D eigenvalue weighted by atomic mass is 15.2. The molecule has 2 aromatic heterocycles. The summed E-state index contributed by atoms with van der Waals surface area (Å²) in [5, 5.41) is 12.8. The van der Waals surface area contributed by atoms with Crippen molar-refractivity contribution in [3.8, 4) is 11.3 Å². The Morgan fingerprint density at radius 2 is 1.80 bits per heavy atom. The van der Waals surface area contributed by atoms with E-state index in [2.05, 4.69) is 46.5 Å². The molecule has 3 rings (SSSR count). The SMILES string of the molecule is CNc1nnc(-c2cccc3ncccc23)c(C)c1C. The highest BCUT2D eigenvalue weighted by Crippen LogP contribution is 2.30. The summed E-state index contributed by atoms with van der Waals surface area (Å²) in [5.74, 6) is 0.824. The molecule has 0 spiro atoms. The Balaban J connectivity index is 2.29. The Hall–Kier alpha value is -2.49. The number of rotatable bonds is 2. The summed E-state index contributed by atoms with van der Waals surface area (Å²) < 4.78 is 0. The first-order valence-electron chi connectivity index (χ1n) is 6.58. The van der Waals surface area contributed by atoms with Crippen LogP contribution < -0.4 is 5.32 Å². The molecule has 3 aromatic rings. The van der Waals surface area contributed by atoms with Crippen LogP contribution in [0, 0.1) is 13.8 Å². The van der Waals surface area contributed by atoms with E-state index in [-0.39, 0.29) is 0 Å². The first-order valence-corrected chi connectivity index (χ1v) is 6.58. The fourth-order valence-electron chi connectivity index (χ4n) is 2.41. The van der Waals surface area contributed by atoms with Gasteiger partial charge in [-0.05, 0) is 37.1 Å². The molecule has 0 atom stereocenters. The van der Waals surface area contributed by atoms with Crippen molar-refractivity contribution in [3.05, 3.63) is 47.7 Å². The number of fused-ring (bicyclic) bond motifs is 1. The fraction of sp³-hybridized carbons (Fsp3) is 0.188. The van der Waals surface area contributed by atoms with Gasteiger partial charge in [0.2, 0.25) is 0 Å². The molecule has 100 valence electrons. The van der Waals surface area contributed by atoms with Crippen molar-refractivity contribution in [1.29, 1.82) is 0 Å². The van der Waals surface area contributed by atoms with Crippen LogP contribution in [0.15, 0.2) is 36.5 Å². The third-order valence-corrected chi connectivity index (χ3v) is 3.66. The average Bonchev–Trinajstić information content (AvgIpc) is 2.50. The zero-order chi connectivity index (χ0) is 14.1. The van der Waals surface area contributed by atoms with Crippen LogP contribution in [0.3, 0.4) is 0 Å². The molecular formula is C16H16N4. The van der Waals surface area contributed by atoms with E-state index in [1.165, 1.54) is 0 Å². The first kappa shape index (κ1) is 12.5. The van der Waals surface area contributed by atoms with Crippen molar-refractivity contribution < 1.29 is 0 Å². The minimum absolute atomic E-state index is 0.824. The summed E-state index contributed by atoms with van der Waals surface area (Å²) in [5.41, 5.74) is 5.23. The standard InChI is InChI=1S/C16H16N4/c1-10-11(2)16(17-3)20-19-15(10)13-6-4-8-14-12(13)7-5-9-18-14/h4-9H,1-3H3,(H,17,20). The molecule has 0 fully saturated rings. The molecule has 0 aliphatic heterocycles. The number of anilines is 1. The van der Waals surface area contributed by atoms with Gasteiger partial charge in [-0.3, -0.25) is 4.98 Å². The predicted octanol–water partition coefficient (Wildman–Crippen LogP) is 3.35. The highest BCUT2D eigenvalue weighted by molar-refractivity contribution is 5.94. The lowest BCUT2D eigenvalue weighted by Gasteiger charge is -2.12. The number of hydrogen-bond donors (Lipinski definition) is 1. The Bertz CT molecular complexity index is 775. The van der Waals surface area contributed by atoms with Gasteiger partial charge in [-0.15, -0.1) is 10.2 Å². The van der Waals surface area contributed by atoms with E-state index in [0.717, 1.165) is 39.1 Å². The minimum atomic E-state index is 0.824. The average molecular weight is 264 g/mol. The van der Waals surface area contributed by atoms with Crippen molar-refractivity contribution in [2.45, 2.75) is 13.8 Å². The minimum Gasteiger partial charge on any atom is -0.371 e. The number of nitrogens with one attached hydrogen (secondary N) is 1. The molecule has 0 bridgehead atoms. The van der Waals surface area contributed by atoms with Crippen LogP contribution in [0.2, 0.25) is 0 Å². The summed E-state index contributed by atoms with van der Waals surface area (Å²) in [6, 6.07) is 10.1. The lowest BCUT2D eigenvalue weighted by molar-refractivity contribution is 1.01. The summed E-state index contributed by atoms with van der Waals surface area (Å²) in [6.07, 6.45) is 1.81. The molecule has 4 nitrogen and oxygen atoms in total. The van der Waals surface area contributed by atoms with Gasteiger partial charge in [0.25, 0.3) is 0 Å². The fourth-order valence-corrected chi connectivity index (χ4v) is 2.41. The predicted molar refractivity (Wildman–Crippen MR) is 81.8 cm³/mol. The Morgan fingerprint density at radius 3 is 2.60 bits per heavy atom.